The van der Waals surface area contributed by atoms with Crippen LogP contribution in [0.5, 0.6) is 17.2 Å². The zero-order valence-corrected chi connectivity index (χ0v) is 14.9. The Kier molecular flexibility index (Phi) is 6.00. The number of methoxy groups -OCH3 is 3. The summed E-state index contributed by atoms with van der Waals surface area (Å²) in [6, 6.07) is 7.29. The summed E-state index contributed by atoms with van der Waals surface area (Å²) in [5, 5.41) is 11.8. The third kappa shape index (κ3) is 4.02. The number of hydrogen-bond donors (Lipinski definition) is 2. The first-order chi connectivity index (χ1) is 12.4. The number of amides is 1. The number of carbonyl (C=O) groups excluding carboxylic acids is 1. The van der Waals surface area contributed by atoms with Crippen molar-refractivity contribution in [2.45, 2.75) is 13.0 Å². The topological polar surface area (TPSA) is 107 Å². The molecule has 0 radical (unpaired) electrons. The molecule has 138 valence electrons. The fraction of sp³-hybridized carbons (Fsp3) is 0.278. The SMILES string of the molecule is COc1cc(C(C)NC(=O)c2cccc(C(=O)O)n2)cc(OC)c1OC. The Hall–Kier alpha value is -3.29. The number of ether oxygens (including phenoxy) is 3. The van der Waals surface area contributed by atoms with Gasteiger partial charge in [0, 0.05) is 0 Å². The number of nitrogens with zero attached hydrogens (tertiary/aromatic N) is 1. The highest BCUT2D eigenvalue weighted by Gasteiger charge is 2.19. The van der Waals surface area contributed by atoms with E-state index in [1.54, 1.807) is 19.1 Å². The van der Waals surface area contributed by atoms with Gasteiger partial charge in [-0.2, -0.15) is 0 Å². The van der Waals surface area contributed by atoms with Crippen molar-refractivity contribution in [3.05, 3.63) is 47.3 Å². The van der Waals surface area contributed by atoms with Crippen molar-refractivity contribution < 1.29 is 28.9 Å². The number of hydrogen-bond acceptors (Lipinski definition) is 6. The molecule has 26 heavy (non-hydrogen) atoms. The van der Waals surface area contributed by atoms with Gasteiger partial charge in [0.15, 0.2) is 11.5 Å². The third-order valence-electron chi connectivity index (χ3n) is 3.74. The minimum Gasteiger partial charge on any atom is -0.493 e. The standard InChI is InChI=1S/C18H20N2O6/c1-10(11-8-14(24-2)16(26-4)15(9-11)25-3)19-17(21)12-6-5-7-13(20-12)18(22)23/h5-10H,1-4H3,(H,19,21)(H,22,23). The molecule has 1 aromatic heterocycles. The molecule has 2 aromatic rings. The van der Waals surface area contributed by atoms with E-state index >= 15 is 0 Å². The minimum atomic E-state index is -1.20. The fourth-order valence-corrected chi connectivity index (χ4v) is 2.39. The van der Waals surface area contributed by atoms with Crippen molar-refractivity contribution in [1.29, 1.82) is 0 Å². The van der Waals surface area contributed by atoms with Crippen molar-refractivity contribution in [3.8, 4) is 17.2 Å². The number of benzene rings is 1. The molecule has 0 aliphatic rings. The van der Waals surface area contributed by atoms with E-state index < -0.39 is 17.9 Å². The predicted octanol–water partition coefficient (Wildman–Crippen LogP) is 2.30. The van der Waals surface area contributed by atoms with Gasteiger partial charge in [-0.15, -0.1) is 0 Å². The third-order valence-corrected chi connectivity index (χ3v) is 3.74. The number of pyridine rings is 1. The quantitative estimate of drug-likeness (QED) is 0.780. The minimum absolute atomic E-state index is 0.0178. The van der Waals surface area contributed by atoms with Crippen LogP contribution in [0.1, 0.15) is 39.5 Å². The van der Waals surface area contributed by atoms with Gasteiger partial charge in [-0.25, -0.2) is 9.78 Å². The molecule has 1 heterocycles. The number of rotatable bonds is 7. The van der Waals surface area contributed by atoms with E-state index in [0.29, 0.717) is 17.2 Å². The molecule has 0 aliphatic carbocycles. The Bertz CT molecular complexity index is 796. The number of aromatic nitrogens is 1. The van der Waals surface area contributed by atoms with Crippen LogP contribution in [0.4, 0.5) is 0 Å². The molecule has 0 saturated heterocycles. The molecule has 8 nitrogen and oxygen atoms in total. The summed E-state index contributed by atoms with van der Waals surface area (Å²) in [4.78, 5) is 27.2. The molecule has 0 spiro atoms. The second-order valence-corrected chi connectivity index (χ2v) is 5.37. The molecule has 1 atom stereocenters. The fourth-order valence-electron chi connectivity index (χ4n) is 2.39. The summed E-state index contributed by atoms with van der Waals surface area (Å²) in [5.74, 6) is -0.303. The van der Waals surface area contributed by atoms with E-state index in [4.69, 9.17) is 19.3 Å². The Morgan fingerprint density at radius 2 is 1.62 bits per heavy atom. The van der Waals surface area contributed by atoms with Crippen LogP contribution in [0.3, 0.4) is 0 Å². The highest BCUT2D eigenvalue weighted by molar-refractivity contribution is 5.94. The summed E-state index contributed by atoms with van der Waals surface area (Å²) in [6.45, 7) is 1.78. The van der Waals surface area contributed by atoms with Crippen molar-refractivity contribution in [3.63, 3.8) is 0 Å². The van der Waals surface area contributed by atoms with Crippen LogP contribution in [-0.2, 0) is 0 Å². The number of carboxylic acid groups (broad SMARTS) is 1. The largest absolute Gasteiger partial charge is 0.493 e. The lowest BCUT2D eigenvalue weighted by molar-refractivity contribution is 0.0690. The van der Waals surface area contributed by atoms with E-state index in [2.05, 4.69) is 10.3 Å². The van der Waals surface area contributed by atoms with E-state index in [-0.39, 0.29) is 11.4 Å². The van der Waals surface area contributed by atoms with Gasteiger partial charge < -0.3 is 24.6 Å². The summed E-state index contributed by atoms with van der Waals surface area (Å²) in [7, 11) is 4.52. The van der Waals surface area contributed by atoms with Gasteiger partial charge in [0.1, 0.15) is 11.4 Å². The molecule has 0 saturated carbocycles. The van der Waals surface area contributed by atoms with Gasteiger partial charge in [0.25, 0.3) is 5.91 Å². The van der Waals surface area contributed by atoms with E-state index in [1.165, 1.54) is 39.5 Å². The van der Waals surface area contributed by atoms with Gasteiger partial charge in [0.05, 0.1) is 27.4 Å². The molecule has 2 rings (SSSR count). The van der Waals surface area contributed by atoms with Gasteiger partial charge >= 0.3 is 5.97 Å². The number of aromatic carboxylic acids is 1. The second-order valence-electron chi connectivity index (χ2n) is 5.37. The Labute approximate surface area is 150 Å². The van der Waals surface area contributed by atoms with E-state index in [9.17, 15) is 9.59 Å². The van der Waals surface area contributed by atoms with Crippen LogP contribution in [-0.4, -0.2) is 43.3 Å². The first-order valence-electron chi connectivity index (χ1n) is 7.72. The average Bonchev–Trinajstić information content (AvgIpc) is 2.66. The van der Waals surface area contributed by atoms with Crippen LogP contribution in [0.2, 0.25) is 0 Å². The van der Waals surface area contributed by atoms with Gasteiger partial charge in [-0.1, -0.05) is 6.07 Å². The predicted molar refractivity (Wildman–Crippen MR) is 93.2 cm³/mol. The van der Waals surface area contributed by atoms with Crippen molar-refractivity contribution in [2.75, 3.05) is 21.3 Å². The van der Waals surface area contributed by atoms with Crippen LogP contribution in [0.15, 0.2) is 30.3 Å². The maximum absolute atomic E-state index is 12.4. The molecular weight excluding hydrogens is 340 g/mol. The molecule has 0 bridgehead atoms. The van der Waals surface area contributed by atoms with Crippen molar-refractivity contribution >= 4 is 11.9 Å². The Morgan fingerprint density at radius 3 is 2.12 bits per heavy atom. The van der Waals surface area contributed by atoms with E-state index in [1.807, 2.05) is 0 Å². The van der Waals surface area contributed by atoms with Crippen LogP contribution >= 0.6 is 0 Å². The zero-order valence-electron chi connectivity index (χ0n) is 14.9. The van der Waals surface area contributed by atoms with Crippen LogP contribution in [0, 0.1) is 0 Å². The number of carboxylic acids is 1. The molecule has 1 aromatic carbocycles. The maximum atomic E-state index is 12.4. The summed E-state index contributed by atoms with van der Waals surface area (Å²) < 4.78 is 15.9. The summed E-state index contributed by atoms with van der Waals surface area (Å²) in [6.07, 6.45) is 0. The van der Waals surface area contributed by atoms with Crippen molar-refractivity contribution in [2.24, 2.45) is 0 Å². The summed E-state index contributed by atoms with van der Waals surface area (Å²) in [5.41, 5.74) is 0.546. The highest BCUT2D eigenvalue weighted by Crippen LogP contribution is 2.39. The lowest BCUT2D eigenvalue weighted by Gasteiger charge is -2.18. The van der Waals surface area contributed by atoms with Crippen LogP contribution < -0.4 is 19.5 Å². The Balaban J connectivity index is 2.26. The van der Waals surface area contributed by atoms with Gasteiger partial charge in [-0.3, -0.25) is 4.79 Å². The first kappa shape index (κ1) is 19.0. The normalized spacial score (nSPS) is 11.4. The monoisotopic (exact) mass is 360 g/mol. The molecule has 1 amide bonds. The van der Waals surface area contributed by atoms with E-state index in [0.717, 1.165) is 5.56 Å². The lowest BCUT2D eigenvalue weighted by atomic mass is 10.1. The van der Waals surface area contributed by atoms with Crippen LogP contribution in [0.25, 0.3) is 0 Å². The number of nitrogens with one attached hydrogen (secondary N) is 1. The van der Waals surface area contributed by atoms with Gasteiger partial charge in [-0.05, 0) is 36.8 Å². The number of carbonyl (C=O) groups is 2. The molecule has 8 heteroatoms. The maximum Gasteiger partial charge on any atom is 0.354 e. The molecule has 1 unspecified atom stereocenters. The zero-order chi connectivity index (χ0) is 19.3. The smallest absolute Gasteiger partial charge is 0.354 e. The second kappa shape index (κ2) is 8.19. The first-order valence-corrected chi connectivity index (χ1v) is 7.72. The molecule has 2 N–H and O–H groups in total. The van der Waals surface area contributed by atoms with Gasteiger partial charge in [0.2, 0.25) is 5.75 Å². The molecule has 0 fully saturated rings. The average molecular weight is 360 g/mol. The van der Waals surface area contributed by atoms with Crippen molar-refractivity contribution in [1.82, 2.24) is 10.3 Å². The Morgan fingerprint density at radius 1 is 1.04 bits per heavy atom. The summed E-state index contributed by atoms with van der Waals surface area (Å²) >= 11 is 0. The lowest BCUT2D eigenvalue weighted by Crippen LogP contribution is -2.28. The molecule has 0 aliphatic heterocycles. The highest BCUT2D eigenvalue weighted by atomic mass is 16.5. The molecular formula is C18H20N2O6.